The highest BCUT2D eigenvalue weighted by molar-refractivity contribution is 5.66. The molecule has 1 amide bonds. The molecule has 26 heavy (non-hydrogen) atoms. The van der Waals surface area contributed by atoms with Gasteiger partial charge < -0.3 is 10.1 Å². The second-order valence-corrected chi connectivity index (χ2v) is 6.25. The van der Waals surface area contributed by atoms with Gasteiger partial charge in [-0.25, -0.2) is 34.1 Å². The van der Waals surface area contributed by atoms with Crippen LogP contribution in [-0.2, 0) is 24.1 Å². The standard InChI is InChI=1S/C17H25N3O6/c1-14(2)10-26-25-9-8-24-16(23)19-7-3-5-17(11-18-12-21)6-4-15(17)20-13-22/h15H,1,3-11H2,2H3,(H,19,23). The van der Waals surface area contributed by atoms with Crippen LogP contribution in [0.1, 0.15) is 32.6 Å². The van der Waals surface area contributed by atoms with Gasteiger partial charge in [-0.05, 0) is 32.6 Å². The highest BCUT2D eigenvalue weighted by Gasteiger charge is 2.46. The maximum Gasteiger partial charge on any atom is 0.407 e. The molecule has 1 rings (SSSR count). The van der Waals surface area contributed by atoms with Crippen LogP contribution in [0.3, 0.4) is 0 Å². The van der Waals surface area contributed by atoms with Crippen molar-refractivity contribution in [1.29, 1.82) is 0 Å². The fraction of sp³-hybridized carbons (Fsp3) is 0.706. The van der Waals surface area contributed by atoms with Crippen molar-refractivity contribution in [1.82, 2.24) is 5.32 Å². The van der Waals surface area contributed by atoms with E-state index in [1.165, 1.54) is 6.08 Å². The van der Waals surface area contributed by atoms with Crippen molar-refractivity contribution in [3.8, 4) is 0 Å². The maximum atomic E-state index is 11.5. The highest BCUT2D eigenvalue weighted by atomic mass is 17.2. The molecule has 0 bridgehead atoms. The van der Waals surface area contributed by atoms with Crippen LogP contribution >= 0.6 is 0 Å². The number of ether oxygens (including phenoxy) is 1. The summed E-state index contributed by atoms with van der Waals surface area (Å²) in [6.45, 7) is 6.61. The predicted octanol–water partition coefficient (Wildman–Crippen LogP) is 1.84. The minimum Gasteiger partial charge on any atom is -0.447 e. The summed E-state index contributed by atoms with van der Waals surface area (Å²) < 4.78 is 4.93. The van der Waals surface area contributed by atoms with Crippen LogP contribution in [0.4, 0.5) is 4.79 Å². The lowest BCUT2D eigenvalue weighted by Crippen LogP contribution is -2.46. The number of rotatable bonds is 13. The second kappa shape index (κ2) is 12.1. The summed E-state index contributed by atoms with van der Waals surface area (Å²) in [7, 11) is 0. The lowest BCUT2D eigenvalue weighted by atomic mass is 9.62. The third-order valence-corrected chi connectivity index (χ3v) is 4.20. The molecule has 0 heterocycles. The first-order chi connectivity index (χ1) is 12.5. The average Bonchev–Trinajstić information content (AvgIpc) is 2.60. The largest absolute Gasteiger partial charge is 0.447 e. The van der Waals surface area contributed by atoms with Gasteiger partial charge in [0.1, 0.15) is 19.8 Å². The predicted molar refractivity (Wildman–Crippen MR) is 91.9 cm³/mol. The fourth-order valence-electron chi connectivity index (χ4n) is 2.74. The molecule has 144 valence electrons. The van der Waals surface area contributed by atoms with E-state index in [0.29, 0.717) is 19.4 Å². The van der Waals surface area contributed by atoms with E-state index < -0.39 is 6.09 Å². The molecule has 1 aliphatic carbocycles. The fourth-order valence-corrected chi connectivity index (χ4v) is 2.74. The molecule has 2 atom stereocenters. The minimum atomic E-state index is -0.551. The summed E-state index contributed by atoms with van der Waals surface area (Å²) in [5, 5.41) is 2.63. The van der Waals surface area contributed by atoms with Crippen molar-refractivity contribution in [2.45, 2.75) is 38.6 Å². The van der Waals surface area contributed by atoms with Gasteiger partial charge in [-0.1, -0.05) is 12.2 Å². The van der Waals surface area contributed by atoms with E-state index in [0.717, 1.165) is 18.4 Å². The molecule has 0 radical (unpaired) electrons. The summed E-state index contributed by atoms with van der Waals surface area (Å²) >= 11 is 0. The highest BCUT2D eigenvalue weighted by Crippen LogP contribution is 2.47. The van der Waals surface area contributed by atoms with Crippen LogP contribution < -0.4 is 5.32 Å². The van der Waals surface area contributed by atoms with Crippen molar-refractivity contribution in [3.05, 3.63) is 12.2 Å². The molecule has 1 saturated carbocycles. The Kier molecular flexibility index (Phi) is 10.1. The molecule has 0 spiro atoms. The Hall–Kier alpha value is -2.31. The van der Waals surface area contributed by atoms with Gasteiger partial charge in [-0.15, -0.1) is 0 Å². The molecule has 2 unspecified atom stereocenters. The SMILES string of the molecule is C=C(C)COOCCOC(=O)NCCCC1(CN=C=O)CCC1N=C=O. The number of carbonyl (C=O) groups excluding carboxylic acids is 3. The van der Waals surface area contributed by atoms with E-state index in [1.807, 2.05) is 0 Å². The van der Waals surface area contributed by atoms with E-state index >= 15 is 0 Å². The number of hydrogen-bond acceptors (Lipinski definition) is 8. The molecule has 1 fully saturated rings. The zero-order valence-corrected chi connectivity index (χ0v) is 15.0. The molecule has 0 aromatic heterocycles. The molecule has 9 nitrogen and oxygen atoms in total. The number of isocyanates is 2. The molecule has 1 N–H and O–H groups in total. The zero-order chi connectivity index (χ0) is 19.3. The molecule has 0 aromatic rings. The quantitative estimate of drug-likeness (QED) is 0.133. The van der Waals surface area contributed by atoms with E-state index in [1.54, 1.807) is 13.0 Å². The zero-order valence-electron chi connectivity index (χ0n) is 15.0. The first kappa shape index (κ1) is 21.7. The lowest BCUT2D eigenvalue weighted by Gasteiger charge is -2.45. The van der Waals surface area contributed by atoms with Gasteiger partial charge in [-0.3, -0.25) is 0 Å². The summed E-state index contributed by atoms with van der Waals surface area (Å²) in [6.07, 6.45) is 5.45. The van der Waals surface area contributed by atoms with Gasteiger partial charge in [0.25, 0.3) is 0 Å². The lowest BCUT2D eigenvalue weighted by molar-refractivity contribution is -0.290. The maximum absolute atomic E-state index is 11.5. The number of alkyl carbamates (subject to hydrolysis) is 1. The van der Waals surface area contributed by atoms with Crippen LogP contribution in [0.15, 0.2) is 22.1 Å². The van der Waals surface area contributed by atoms with Crippen LogP contribution in [0.2, 0.25) is 0 Å². The molecular formula is C17H25N3O6. The summed E-state index contributed by atoms with van der Waals surface area (Å²) in [5.41, 5.74) is 0.502. The Morgan fingerprint density at radius 3 is 2.73 bits per heavy atom. The van der Waals surface area contributed by atoms with Crippen LogP contribution in [0.25, 0.3) is 0 Å². The molecule has 0 aromatic carbocycles. The minimum absolute atomic E-state index is 0.0656. The van der Waals surface area contributed by atoms with Gasteiger partial charge in [0.05, 0.1) is 12.6 Å². The van der Waals surface area contributed by atoms with E-state index in [-0.39, 0.29) is 37.8 Å². The van der Waals surface area contributed by atoms with E-state index in [9.17, 15) is 14.4 Å². The van der Waals surface area contributed by atoms with Gasteiger partial charge in [0, 0.05) is 12.0 Å². The van der Waals surface area contributed by atoms with Gasteiger partial charge in [0.15, 0.2) is 0 Å². The molecule has 0 saturated heterocycles. The van der Waals surface area contributed by atoms with Crippen molar-refractivity contribution in [2.24, 2.45) is 15.4 Å². The number of nitrogens with zero attached hydrogens (tertiary/aromatic N) is 2. The third kappa shape index (κ3) is 7.72. The van der Waals surface area contributed by atoms with Crippen molar-refractivity contribution >= 4 is 18.3 Å². The number of amides is 1. The summed E-state index contributed by atoms with van der Waals surface area (Å²) in [6, 6.07) is -0.180. The van der Waals surface area contributed by atoms with Crippen LogP contribution in [0, 0.1) is 5.41 Å². The monoisotopic (exact) mass is 367 g/mol. The van der Waals surface area contributed by atoms with Gasteiger partial charge >= 0.3 is 6.09 Å². The molecule has 9 heteroatoms. The number of nitrogens with one attached hydrogen (secondary N) is 1. The Morgan fingerprint density at radius 1 is 1.31 bits per heavy atom. The topological polar surface area (TPSA) is 116 Å². The van der Waals surface area contributed by atoms with Gasteiger partial charge in [0.2, 0.25) is 12.2 Å². The normalized spacial score (nSPS) is 20.9. The smallest absolute Gasteiger partial charge is 0.407 e. The van der Waals surface area contributed by atoms with Crippen molar-refractivity contribution < 1.29 is 28.9 Å². The molecule has 1 aliphatic rings. The second-order valence-electron chi connectivity index (χ2n) is 6.25. The summed E-state index contributed by atoms with van der Waals surface area (Å²) in [4.78, 5) is 49.5. The molecule has 0 aliphatic heterocycles. The van der Waals surface area contributed by atoms with Crippen LogP contribution in [0.5, 0.6) is 0 Å². The van der Waals surface area contributed by atoms with E-state index in [2.05, 4.69) is 21.9 Å². The van der Waals surface area contributed by atoms with Gasteiger partial charge in [-0.2, -0.15) is 0 Å². The summed E-state index contributed by atoms with van der Waals surface area (Å²) in [5.74, 6) is 0. The number of carbonyl (C=O) groups is 1. The van der Waals surface area contributed by atoms with Crippen molar-refractivity contribution in [3.63, 3.8) is 0 Å². The first-order valence-corrected chi connectivity index (χ1v) is 8.44. The Labute approximate surface area is 152 Å². The average molecular weight is 367 g/mol. The molecular weight excluding hydrogens is 342 g/mol. The van der Waals surface area contributed by atoms with Crippen LogP contribution in [-0.4, -0.2) is 57.2 Å². The number of hydrogen-bond donors (Lipinski definition) is 1. The number of aliphatic imine (C=N–C) groups is 2. The third-order valence-electron chi connectivity index (χ3n) is 4.20. The Morgan fingerprint density at radius 2 is 2.12 bits per heavy atom. The van der Waals surface area contributed by atoms with E-state index in [4.69, 9.17) is 14.5 Å². The van der Waals surface area contributed by atoms with Crippen molar-refractivity contribution in [2.75, 3.05) is 32.9 Å². The Balaban J connectivity index is 2.19. The first-order valence-electron chi connectivity index (χ1n) is 8.44. The Bertz CT molecular complexity index is 569.